The number of ether oxygens (including phenoxy) is 1. The van der Waals surface area contributed by atoms with Crippen LogP contribution in [0.5, 0.6) is 0 Å². The number of sulfonamides is 1. The van der Waals surface area contributed by atoms with Gasteiger partial charge in [0.2, 0.25) is 0 Å². The van der Waals surface area contributed by atoms with Crippen molar-refractivity contribution in [3.8, 4) is 6.07 Å². The van der Waals surface area contributed by atoms with Gasteiger partial charge in [-0.1, -0.05) is 0 Å². The topological polar surface area (TPSA) is 82.4 Å². The number of rotatable bonds is 7. The van der Waals surface area contributed by atoms with E-state index < -0.39 is 10.0 Å². The average molecular weight is 329 g/mol. The lowest BCUT2D eigenvalue weighted by atomic mass is 10.2. The van der Waals surface area contributed by atoms with Crippen molar-refractivity contribution in [3.05, 3.63) is 17.0 Å². The summed E-state index contributed by atoms with van der Waals surface area (Å²) in [6, 6.07) is 5.20. The van der Waals surface area contributed by atoms with Crippen molar-refractivity contribution in [3.63, 3.8) is 0 Å². The minimum atomic E-state index is -3.57. The number of thiophene rings is 1. The predicted octanol–water partition coefficient (Wildman–Crippen LogP) is 1.01. The summed E-state index contributed by atoms with van der Waals surface area (Å²) < 4.78 is 32.1. The van der Waals surface area contributed by atoms with Crippen LogP contribution in [-0.2, 0) is 14.8 Å². The summed E-state index contributed by atoms with van der Waals surface area (Å²) in [6.45, 7) is 2.03. The Kier molecular flexibility index (Phi) is 5.72. The molecule has 0 aromatic carbocycles. The van der Waals surface area contributed by atoms with E-state index in [0.717, 1.165) is 30.7 Å². The molecule has 0 spiro atoms. The maximum absolute atomic E-state index is 12.7. The smallest absolute Gasteiger partial charge is 0.252 e. The van der Waals surface area contributed by atoms with Gasteiger partial charge in [0.1, 0.15) is 15.2 Å². The minimum Gasteiger partial charge on any atom is -0.383 e. The molecule has 1 saturated heterocycles. The molecule has 0 aliphatic carbocycles. The van der Waals surface area contributed by atoms with Gasteiger partial charge in [0, 0.05) is 26.2 Å². The van der Waals surface area contributed by atoms with E-state index in [9.17, 15) is 8.42 Å². The molecule has 1 atom stereocenters. The molecule has 1 N–H and O–H groups in total. The van der Waals surface area contributed by atoms with Gasteiger partial charge in [-0.3, -0.25) is 0 Å². The molecule has 1 unspecified atom stereocenters. The first-order chi connectivity index (χ1) is 10.1. The Morgan fingerprint density at radius 3 is 2.95 bits per heavy atom. The van der Waals surface area contributed by atoms with Crippen molar-refractivity contribution in [2.24, 2.45) is 0 Å². The van der Waals surface area contributed by atoms with Crippen molar-refractivity contribution in [1.82, 2.24) is 9.62 Å². The highest BCUT2D eigenvalue weighted by Gasteiger charge is 2.29. The normalized spacial score (nSPS) is 19.0. The molecule has 0 bridgehead atoms. The molecular formula is C13H19N3O3S2. The fourth-order valence-corrected chi connectivity index (χ4v) is 5.03. The zero-order valence-electron chi connectivity index (χ0n) is 11.9. The van der Waals surface area contributed by atoms with E-state index in [1.807, 2.05) is 6.07 Å². The van der Waals surface area contributed by atoms with Gasteiger partial charge in [-0.25, -0.2) is 8.42 Å². The molecule has 21 heavy (non-hydrogen) atoms. The largest absolute Gasteiger partial charge is 0.383 e. The van der Waals surface area contributed by atoms with Gasteiger partial charge in [-0.15, -0.1) is 11.3 Å². The van der Waals surface area contributed by atoms with Crippen LogP contribution in [0.3, 0.4) is 0 Å². The van der Waals surface area contributed by atoms with Gasteiger partial charge in [-0.05, 0) is 31.5 Å². The van der Waals surface area contributed by atoms with Crippen molar-refractivity contribution in [1.29, 1.82) is 5.26 Å². The Morgan fingerprint density at radius 1 is 1.57 bits per heavy atom. The summed E-state index contributed by atoms with van der Waals surface area (Å²) in [6.07, 6.45) is 2.05. The summed E-state index contributed by atoms with van der Waals surface area (Å²) in [5, 5.41) is 12.2. The summed E-state index contributed by atoms with van der Waals surface area (Å²) in [5.74, 6) is 0. The van der Waals surface area contributed by atoms with Crippen LogP contribution in [0.4, 0.5) is 0 Å². The molecule has 8 heteroatoms. The number of methoxy groups -OCH3 is 1. The molecule has 1 fully saturated rings. The first-order valence-electron chi connectivity index (χ1n) is 6.80. The van der Waals surface area contributed by atoms with Gasteiger partial charge < -0.3 is 10.1 Å². The van der Waals surface area contributed by atoms with E-state index in [4.69, 9.17) is 10.00 Å². The Hall–Kier alpha value is -0.980. The number of hydrogen-bond donors (Lipinski definition) is 1. The van der Waals surface area contributed by atoms with E-state index >= 15 is 0 Å². The lowest BCUT2D eigenvalue weighted by molar-refractivity contribution is 0.176. The van der Waals surface area contributed by atoms with Gasteiger partial charge in [-0.2, -0.15) is 9.57 Å². The standard InChI is InChI=1S/C13H19N3O3S2/c1-19-8-7-16(10-11-3-2-6-15-11)21(17,18)13-5-4-12(9-14)20-13/h4-5,11,15H,2-3,6-8,10H2,1H3. The maximum atomic E-state index is 12.7. The van der Waals surface area contributed by atoms with Crippen LogP contribution in [0, 0.1) is 11.3 Å². The van der Waals surface area contributed by atoms with E-state index in [0.29, 0.717) is 24.6 Å². The van der Waals surface area contributed by atoms with Crippen molar-refractivity contribution >= 4 is 21.4 Å². The van der Waals surface area contributed by atoms with Crippen LogP contribution in [0.2, 0.25) is 0 Å². The second-order valence-corrected chi connectivity index (χ2v) is 8.13. The SMILES string of the molecule is COCCN(CC1CCCN1)S(=O)(=O)c1ccc(C#N)s1. The summed E-state index contributed by atoms with van der Waals surface area (Å²) in [5.41, 5.74) is 0. The molecule has 116 valence electrons. The number of nitrogens with one attached hydrogen (secondary N) is 1. The predicted molar refractivity (Wildman–Crippen MR) is 80.7 cm³/mol. The molecular weight excluding hydrogens is 310 g/mol. The fraction of sp³-hybridized carbons (Fsp3) is 0.615. The van der Waals surface area contributed by atoms with Crippen molar-refractivity contribution < 1.29 is 13.2 Å². The maximum Gasteiger partial charge on any atom is 0.252 e. The molecule has 2 heterocycles. The number of nitriles is 1. The Morgan fingerprint density at radius 2 is 2.38 bits per heavy atom. The Labute approximate surface area is 129 Å². The highest BCUT2D eigenvalue weighted by Crippen LogP contribution is 2.25. The van der Waals surface area contributed by atoms with Crippen LogP contribution in [0.1, 0.15) is 17.7 Å². The Balaban J connectivity index is 2.18. The summed E-state index contributed by atoms with van der Waals surface area (Å²) >= 11 is 1.01. The van der Waals surface area contributed by atoms with Crippen LogP contribution in [0.15, 0.2) is 16.3 Å². The molecule has 1 aliphatic heterocycles. The molecule has 1 aromatic heterocycles. The molecule has 1 aliphatic rings. The van der Waals surface area contributed by atoms with Gasteiger partial charge in [0.25, 0.3) is 10.0 Å². The average Bonchev–Trinajstić information content (AvgIpc) is 3.14. The quantitative estimate of drug-likeness (QED) is 0.807. The first kappa shape index (κ1) is 16.4. The molecule has 6 nitrogen and oxygen atoms in total. The highest BCUT2D eigenvalue weighted by atomic mass is 32.2. The van der Waals surface area contributed by atoms with Crippen molar-refractivity contribution in [2.45, 2.75) is 23.1 Å². The van der Waals surface area contributed by atoms with E-state index in [1.54, 1.807) is 13.2 Å². The second-order valence-electron chi connectivity index (χ2n) is 4.88. The van der Waals surface area contributed by atoms with Gasteiger partial charge in [0.05, 0.1) is 6.61 Å². The highest BCUT2D eigenvalue weighted by molar-refractivity contribution is 7.91. The third-order valence-corrected chi connectivity index (χ3v) is 6.74. The van der Waals surface area contributed by atoms with Crippen LogP contribution < -0.4 is 5.32 Å². The van der Waals surface area contributed by atoms with Crippen molar-refractivity contribution in [2.75, 3.05) is 33.4 Å². The first-order valence-corrected chi connectivity index (χ1v) is 9.06. The minimum absolute atomic E-state index is 0.187. The summed E-state index contributed by atoms with van der Waals surface area (Å²) in [7, 11) is -2.02. The van der Waals surface area contributed by atoms with Crippen LogP contribution >= 0.6 is 11.3 Å². The zero-order valence-corrected chi connectivity index (χ0v) is 13.5. The lowest BCUT2D eigenvalue weighted by Gasteiger charge is -2.24. The lowest BCUT2D eigenvalue weighted by Crippen LogP contribution is -2.42. The van der Waals surface area contributed by atoms with Gasteiger partial charge >= 0.3 is 0 Å². The number of hydrogen-bond acceptors (Lipinski definition) is 6. The van der Waals surface area contributed by atoms with Crippen LogP contribution in [0.25, 0.3) is 0 Å². The molecule has 1 aromatic rings. The third kappa shape index (κ3) is 4.02. The summed E-state index contributed by atoms with van der Waals surface area (Å²) in [4.78, 5) is 0.402. The number of nitrogens with zero attached hydrogens (tertiary/aromatic N) is 2. The van der Waals surface area contributed by atoms with E-state index in [-0.39, 0.29) is 10.3 Å². The van der Waals surface area contributed by atoms with Gasteiger partial charge in [0.15, 0.2) is 0 Å². The fourth-order valence-electron chi connectivity index (χ4n) is 2.31. The monoisotopic (exact) mass is 329 g/mol. The molecule has 2 rings (SSSR count). The van der Waals surface area contributed by atoms with E-state index in [1.165, 1.54) is 10.4 Å². The zero-order chi connectivity index (χ0) is 15.3. The van der Waals surface area contributed by atoms with Crippen LogP contribution in [-0.4, -0.2) is 52.1 Å². The molecule has 0 amide bonds. The van der Waals surface area contributed by atoms with E-state index in [2.05, 4.69) is 5.32 Å². The third-order valence-electron chi connectivity index (χ3n) is 3.42. The molecule has 0 saturated carbocycles. The molecule has 0 radical (unpaired) electrons. The Bertz CT molecular complexity index is 600. The second kappa shape index (κ2) is 7.33.